The number of carbonyl (C=O) groups is 3. The number of carbonyl (C=O) groups excluding carboxylic acids is 3. The molecule has 2 aromatic carbocycles. The Morgan fingerprint density at radius 1 is 1.03 bits per heavy atom. The molecule has 0 N–H and O–H groups in total. The molecule has 0 saturated carbocycles. The number of esters is 2. The Hall–Kier alpha value is -3.35. The molecule has 1 aliphatic heterocycles. The number of amides is 1. The molecule has 1 fully saturated rings. The van der Waals surface area contributed by atoms with Gasteiger partial charge in [0, 0.05) is 18.2 Å². The molecule has 1 unspecified atom stereocenters. The highest BCUT2D eigenvalue weighted by Crippen LogP contribution is 2.25. The van der Waals surface area contributed by atoms with Crippen LogP contribution in [0.4, 0.5) is 0 Å². The number of thiazole rings is 1. The van der Waals surface area contributed by atoms with Crippen LogP contribution in [0.3, 0.4) is 0 Å². The predicted octanol–water partition coefficient (Wildman–Crippen LogP) is 2.97. The Morgan fingerprint density at radius 2 is 1.73 bits per heavy atom. The Balaban J connectivity index is 1.69. The van der Waals surface area contributed by atoms with Gasteiger partial charge < -0.3 is 14.0 Å². The molecule has 0 bridgehead atoms. The van der Waals surface area contributed by atoms with Gasteiger partial charge in [-0.05, 0) is 62.2 Å². The van der Waals surface area contributed by atoms with Gasteiger partial charge in [0.1, 0.15) is 6.54 Å². The number of aromatic nitrogens is 1. The minimum atomic E-state index is -3.67. The largest absolute Gasteiger partial charge is 0.468 e. The lowest BCUT2D eigenvalue weighted by Crippen LogP contribution is -2.41. The van der Waals surface area contributed by atoms with E-state index >= 15 is 0 Å². The molecule has 196 valence electrons. The highest BCUT2D eigenvalue weighted by molar-refractivity contribution is 7.89. The summed E-state index contributed by atoms with van der Waals surface area (Å²) in [4.78, 5) is 41.5. The maximum Gasteiger partial charge on any atom is 0.337 e. The first kappa shape index (κ1) is 26.7. The molecule has 1 aliphatic rings. The minimum Gasteiger partial charge on any atom is -0.468 e. The zero-order valence-corrected chi connectivity index (χ0v) is 22.3. The number of hydrogen-bond acceptors (Lipinski definition) is 8. The van der Waals surface area contributed by atoms with E-state index in [0.717, 1.165) is 30.6 Å². The Labute approximate surface area is 218 Å². The molecular weight excluding hydrogens is 518 g/mol. The molecule has 3 aromatic rings. The van der Waals surface area contributed by atoms with E-state index in [1.54, 1.807) is 18.2 Å². The summed E-state index contributed by atoms with van der Waals surface area (Å²) in [7, 11) is -1.13. The van der Waals surface area contributed by atoms with E-state index in [0.29, 0.717) is 22.3 Å². The Kier molecular flexibility index (Phi) is 7.90. The molecule has 0 spiro atoms. The van der Waals surface area contributed by atoms with E-state index in [2.05, 4.69) is 4.99 Å². The fourth-order valence-electron chi connectivity index (χ4n) is 4.23. The number of hydrogen-bond donors (Lipinski definition) is 0. The zero-order valence-electron chi connectivity index (χ0n) is 20.7. The molecule has 1 aromatic heterocycles. The second-order valence-electron chi connectivity index (χ2n) is 8.62. The van der Waals surface area contributed by atoms with Gasteiger partial charge in [0.05, 0.1) is 34.9 Å². The lowest BCUT2D eigenvalue weighted by atomic mass is 10.1. The van der Waals surface area contributed by atoms with Crippen LogP contribution >= 0.6 is 11.3 Å². The zero-order chi connectivity index (χ0) is 26.7. The summed E-state index contributed by atoms with van der Waals surface area (Å²) in [5.74, 6) is -1.65. The number of fused-ring (bicyclic) bond motifs is 1. The van der Waals surface area contributed by atoms with Crippen molar-refractivity contribution in [3.05, 3.63) is 58.4 Å². The summed E-state index contributed by atoms with van der Waals surface area (Å²) in [5, 5.41) is 0. The van der Waals surface area contributed by atoms with Crippen LogP contribution in [0.5, 0.6) is 0 Å². The van der Waals surface area contributed by atoms with Crippen molar-refractivity contribution in [1.29, 1.82) is 0 Å². The molecule has 10 nitrogen and oxygen atoms in total. The molecule has 0 radical (unpaired) electrons. The normalized spacial score (nSPS) is 17.1. The molecule has 1 amide bonds. The second-order valence-corrected chi connectivity index (χ2v) is 11.5. The van der Waals surface area contributed by atoms with Gasteiger partial charge in [-0.2, -0.15) is 9.30 Å². The van der Waals surface area contributed by atoms with E-state index in [-0.39, 0.29) is 27.8 Å². The second kappa shape index (κ2) is 11.0. The summed E-state index contributed by atoms with van der Waals surface area (Å²) >= 11 is 1.13. The average Bonchev–Trinajstić information content (AvgIpc) is 3.23. The van der Waals surface area contributed by atoms with E-state index < -0.39 is 27.9 Å². The van der Waals surface area contributed by atoms with Crippen molar-refractivity contribution >= 4 is 49.4 Å². The van der Waals surface area contributed by atoms with Gasteiger partial charge in [-0.15, -0.1) is 0 Å². The number of sulfonamides is 1. The highest BCUT2D eigenvalue weighted by Gasteiger charge is 2.31. The van der Waals surface area contributed by atoms with Gasteiger partial charge >= 0.3 is 11.9 Å². The topological polar surface area (TPSA) is 124 Å². The number of piperidine rings is 1. The fraction of sp³-hybridized carbons (Fsp3) is 0.360. The fourth-order valence-corrected chi connectivity index (χ4v) is 7.00. The van der Waals surface area contributed by atoms with E-state index in [1.807, 2.05) is 6.92 Å². The molecule has 4 rings (SSSR count). The maximum absolute atomic E-state index is 13.1. The SMILES string of the molecule is COC(=O)Cn1c(=NC(=O)c2ccc(S(=O)(=O)N3CCCCC3C)cc2)sc2cc(C(=O)OC)ccc21. The summed E-state index contributed by atoms with van der Waals surface area (Å²) < 4.78 is 39.4. The lowest BCUT2D eigenvalue weighted by Gasteiger charge is -2.32. The number of ether oxygens (including phenoxy) is 2. The molecule has 0 aliphatic carbocycles. The molecule has 1 atom stereocenters. The molecular formula is C25H27N3O7S2. The third-order valence-corrected chi connectivity index (χ3v) is 9.33. The van der Waals surface area contributed by atoms with Crippen molar-refractivity contribution < 1.29 is 32.3 Å². The van der Waals surface area contributed by atoms with Crippen LogP contribution in [-0.4, -0.2) is 61.9 Å². The number of nitrogens with zero attached hydrogens (tertiary/aromatic N) is 3. The van der Waals surface area contributed by atoms with Crippen LogP contribution in [0.1, 0.15) is 46.9 Å². The van der Waals surface area contributed by atoms with Crippen molar-refractivity contribution in [3.63, 3.8) is 0 Å². The van der Waals surface area contributed by atoms with Crippen molar-refractivity contribution in [3.8, 4) is 0 Å². The van der Waals surface area contributed by atoms with Gasteiger partial charge in [0.2, 0.25) is 10.0 Å². The summed E-state index contributed by atoms with van der Waals surface area (Å²) in [6, 6.07) is 10.4. The van der Waals surface area contributed by atoms with E-state index in [4.69, 9.17) is 9.47 Å². The number of rotatable bonds is 6. The molecule has 37 heavy (non-hydrogen) atoms. The molecule has 1 saturated heterocycles. The average molecular weight is 546 g/mol. The maximum atomic E-state index is 13.1. The van der Waals surface area contributed by atoms with Crippen LogP contribution in [0.2, 0.25) is 0 Å². The van der Waals surface area contributed by atoms with Crippen molar-refractivity contribution in [1.82, 2.24) is 8.87 Å². The van der Waals surface area contributed by atoms with E-state index in [9.17, 15) is 22.8 Å². The predicted molar refractivity (Wildman–Crippen MR) is 137 cm³/mol. The number of benzene rings is 2. The third kappa shape index (κ3) is 5.50. The first-order valence-corrected chi connectivity index (χ1v) is 13.9. The summed E-state index contributed by atoms with van der Waals surface area (Å²) in [5.41, 5.74) is 1.11. The van der Waals surface area contributed by atoms with Gasteiger partial charge in [0.25, 0.3) is 5.91 Å². The standard InChI is InChI=1S/C25H27N3O7S2/c1-16-6-4-5-13-28(16)37(32,33)19-10-7-17(8-11-19)23(30)26-25-27(15-22(29)34-2)20-12-9-18(24(31)35-3)14-21(20)36-25/h7-12,14,16H,4-6,13,15H2,1-3H3. The first-order valence-electron chi connectivity index (χ1n) is 11.6. The van der Waals surface area contributed by atoms with Gasteiger partial charge in [-0.25, -0.2) is 13.2 Å². The van der Waals surface area contributed by atoms with Crippen molar-refractivity contribution in [2.45, 2.75) is 43.7 Å². The van der Waals surface area contributed by atoms with Gasteiger partial charge in [-0.3, -0.25) is 9.59 Å². The van der Waals surface area contributed by atoms with Crippen LogP contribution in [0, 0.1) is 0 Å². The van der Waals surface area contributed by atoms with Gasteiger partial charge in [0.15, 0.2) is 4.80 Å². The lowest BCUT2D eigenvalue weighted by molar-refractivity contribution is -0.141. The Morgan fingerprint density at radius 3 is 2.38 bits per heavy atom. The van der Waals surface area contributed by atoms with Crippen molar-refractivity contribution in [2.75, 3.05) is 20.8 Å². The third-order valence-electron chi connectivity index (χ3n) is 6.27. The minimum absolute atomic E-state index is 0.0759. The summed E-state index contributed by atoms with van der Waals surface area (Å²) in [6.07, 6.45) is 2.64. The number of methoxy groups -OCH3 is 2. The van der Waals surface area contributed by atoms with Crippen LogP contribution in [0.25, 0.3) is 10.2 Å². The quantitative estimate of drug-likeness (QED) is 0.436. The molecule has 12 heteroatoms. The smallest absolute Gasteiger partial charge is 0.337 e. The van der Waals surface area contributed by atoms with Crippen LogP contribution in [-0.2, 0) is 30.8 Å². The summed E-state index contributed by atoms with van der Waals surface area (Å²) in [6.45, 7) is 2.19. The van der Waals surface area contributed by atoms with Crippen LogP contribution < -0.4 is 4.80 Å². The monoisotopic (exact) mass is 545 g/mol. The molecule has 2 heterocycles. The van der Waals surface area contributed by atoms with Crippen LogP contribution in [0.15, 0.2) is 52.4 Å². The Bertz CT molecular complexity index is 1520. The van der Waals surface area contributed by atoms with E-state index in [1.165, 1.54) is 47.4 Å². The highest BCUT2D eigenvalue weighted by atomic mass is 32.2. The van der Waals surface area contributed by atoms with Gasteiger partial charge in [-0.1, -0.05) is 17.8 Å². The first-order chi connectivity index (χ1) is 17.6. The van der Waals surface area contributed by atoms with Crippen molar-refractivity contribution in [2.24, 2.45) is 4.99 Å².